The molecule has 0 N–H and O–H groups in total. The van der Waals surface area contributed by atoms with Gasteiger partial charge in [-0.2, -0.15) is 0 Å². The van der Waals surface area contributed by atoms with Gasteiger partial charge in [-0.15, -0.1) is 22.7 Å². The van der Waals surface area contributed by atoms with Crippen molar-refractivity contribution in [2.75, 3.05) is 4.90 Å². The highest BCUT2D eigenvalue weighted by atomic mass is 32.1. The molecule has 0 aliphatic heterocycles. The van der Waals surface area contributed by atoms with Crippen LogP contribution in [0.15, 0.2) is 199 Å². The number of para-hydroxylation sites is 3. The number of furan rings is 1. The summed E-state index contributed by atoms with van der Waals surface area (Å²) in [5, 5.41) is 9.68. The van der Waals surface area contributed by atoms with Crippen LogP contribution in [0.25, 0.3) is 101 Å². The van der Waals surface area contributed by atoms with Gasteiger partial charge in [0, 0.05) is 79.6 Å². The summed E-state index contributed by atoms with van der Waals surface area (Å²) in [5.41, 5.74) is 10.7. The molecule has 0 unspecified atom stereocenters. The molecule has 0 aliphatic rings. The number of fused-ring (bicyclic) bond motifs is 12. The lowest BCUT2D eigenvalue weighted by Crippen LogP contribution is -2.11. The second kappa shape index (κ2) is 12.7. The predicted octanol–water partition coefficient (Wildman–Crippen LogP) is 16.6. The first-order valence-corrected chi connectivity index (χ1v) is 21.5. The zero-order valence-electron chi connectivity index (χ0n) is 31.6. The van der Waals surface area contributed by atoms with Crippen LogP contribution in [-0.2, 0) is 0 Å². The Kier molecular flexibility index (Phi) is 7.05. The molecule has 0 saturated heterocycles. The Labute approximate surface area is 346 Å². The number of rotatable bonds is 5. The van der Waals surface area contributed by atoms with Crippen molar-refractivity contribution >= 4 is 124 Å². The minimum Gasteiger partial charge on any atom is -0.456 e. The fourth-order valence-electron chi connectivity index (χ4n) is 9.36. The molecule has 9 aromatic carbocycles. The third kappa shape index (κ3) is 4.93. The van der Waals surface area contributed by atoms with Gasteiger partial charge in [0.25, 0.3) is 0 Å². The van der Waals surface area contributed by atoms with Crippen LogP contribution in [0.1, 0.15) is 0 Å². The predicted molar refractivity (Wildman–Crippen MR) is 254 cm³/mol. The Hall–Kier alpha value is -7.18. The molecular formula is C54H32N2OS2. The van der Waals surface area contributed by atoms with E-state index in [1.54, 1.807) is 0 Å². The van der Waals surface area contributed by atoms with Crippen LogP contribution < -0.4 is 4.90 Å². The van der Waals surface area contributed by atoms with Crippen LogP contribution in [-0.4, -0.2) is 4.57 Å². The molecule has 4 heterocycles. The SMILES string of the molecule is c1ccc(N(c2ccc3sc4ccccc4c3c2)c2c3c(cc4c2c2cc(-c5ccc6sc7ccccc7c6c5)ccc2n4-c2ccccc2)oc2ccccc23)cc1. The Balaban J connectivity index is 1.19. The number of hydrogen-bond acceptors (Lipinski definition) is 4. The van der Waals surface area contributed by atoms with Crippen LogP contribution in [0, 0.1) is 0 Å². The van der Waals surface area contributed by atoms with Gasteiger partial charge in [0.05, 0.1) is 22.1 Å². The van der Waals surface area contributed by atoms with Crippen molar-refractivity contribution in [3.8, 4) is 16.8 Å². The fraction of sp³-hybridized carbons (Fsp3) is 0. The van der Waals surface area contributed by atoms with E-state index in [0.29, 0.717) is 0 Å². The van der Waals surface area contributed by atoms with Gasteiger partial charge in [-0.3, -0.25) is 0 Å². The monoisotopic (exact) mass is 788 g/mol. The quantitative estimate of drug-likeness (QED) is 0.173. The highest BCUT2D eigenvalue weighted by Gasteiger charge is 2.27. The highest BCUT2D eigenvalue weighted by molar-refractivity contribution is 7.26. The summed E-state index contributed by atoms with van der Waals surface area (Å²) in [6.07, 6.45) is 0. The first kappa shape index (κ1) is 32.9. The van der Waals surface area contributed by atoms with Gasteiger partial charge < -0.3 is 13.9 Å². The third-order valence-corrected chi connectivity index (χ3v) is 14.3. The summed E-state index contributed by atoms with van der Waals surface area (Å²) in [6.45, 7) is 0. The van der Waals surface area contributed by atoms with E-state index in [4.69, 9.17) is 4.42 Å². The highest BCUT2D eigenvalue weighted by Crippen LogP contribution is 2.52. The first-order chi connectivity index (χ1) is 29.2. The van der Waals surface area contributed by atoms with Crippen molar-refractivity contribution in [1.29, 1.82) is 0 Å². The number of thiophene rings is 2. The summed E-state index contributed by atoms with van der Waals surface area (Å²) >= 11 is 3.71. The maximum Gasteiger partial charge on any atom is 0.139 e. The average molecular weight is 789 g/mol. The Morgan fingerprint density at radius 1 is 0.373 bits per heavy atom. The van der Waals surface area contributed by atoms with E-state index in [-0.39, 0.29) is 0 Å². The molecule has 0 bridgehead atoms. The topological polar surface area (TPSA) is 21.3 Å². The number of aromatic nitrogens is 1. The van der Waals surface area contributed by atoms with Crippen LogP contribution >= 0.6 is 22.7 Å². The standard InChI is InChI=1S/C54H32N2OS2/c1-3-13-35(14-4-1)55(37-25-28-51-42(31-37)39-18-9-12-22-49(39)59-51)54-52-43-30-33(34-24-27-50-41(29-34)38-17-8-11-21-48(38)58-50)23-26-44(43)56(36-15-5-2-6-16-36)45(52)32-47-53(54)40-19-7-10-20-46(40)57-47/h1-32H. The number of benzene rings is 9. The van der Waals surface area contributed by atoms with Gasteiger partial charge in [-0.25, -0.2) is 0 Å². The lowest BCUT2D eigenvalue weighted by molar-refractivity contribution is 0.669. The van der Waals surface area contributed by atoms with Crippen molar-refractivity contribution < 1.29 is 4.42 Å². The molecule has 3 nitrogen and oxygen atoms in total. The summed E-state index contributed by atoms with van der Waals surface area (Å²) in [6, 6.07) is 70.8. The fourth-order valence-corrected chi connectivity index (χ4v) is 11.5. The zero-order chi connectivity index (χ0) is 38.6. The lowest BCUT2D eigenvalue weighted by atomic mass is 9.98. The Bertz CT molecular complexity index is 3800. The maximum atomic E-state index is 6.85. The molecule has 5 heteroatoms. The van der Waals surface area contributed by atoms with Gasteiger partial charge in [-0.05, 0) is 96.1 Å². The number of anilines is 3. The molecule has 276 valence electrons. The molecule has 0 aliphatic carbocycles. The van der Waals surface area contributed by atoms with Crippen molar-refractivity contribution in [3.63, 3.8) is 0 Å². The van der Waals surface area contributed by atoms with Crippen molar-refractivity contribution in [1.82, 2.24) is 4.57 Å². The molecule has 13 rings (SSSR count). The van der Waals surface area contributed by atoms with Gasteiger partial charge >= 0.3 is 0 Å². The van der Waals surface area contributed by atoms with Crippen molar-refractivity contribution in [3.05, 3.63) is 194 Å². The average Bonchev–Trinajstić information content (AvgIpc) is 4.05. The molecule has 0 fully saturated rings. The van der Waals surface area contributed by atoms with Crippen molar-refractivity contribution in [2.45, 2.75) is 0 Å². The van der Waals surface area contributed by atoms with E-state index in [2.05, 4.69) is 204 Å². The Morgan fingerprint density at radius 2 is 0.949 bits per heavy atom. The number of nitrogens with zero attached hydrogens (tertiary/aromatic N) is 2. The van der Waals surface area contributed by atoms with Crippen LogP contribution in [0.2, 0.25) is 0 Å². The maximum absolute atomic E-state index is 6.85. The summed E-state index contributed by atoms with van der Waals surface area (Å²) in [4.78, 5) is 2.48. The summed E-state index contributed by atoms with van der Waals surface area (Å²) in [7, 11) is 0. The molecule has 0 atom stereocenters. The second-order valence-corrected chi connectivity index (χ2v) is 17.4. The van der Waals surface area contributed by atoms with E-state index >= 15 is 0 Å². The lowest BCUT2D eigenvalue weighted by Gasteiger charge is -2.27. The minimum atomic E-state index is 0.853. The molecule has 0 radical (unpaired) electrons. The van der Waals surface area contributed by atoms with Crippen molar-refractivity contribution in [2.24, 2.45) is 0 Å². The molecule has 0 amide bonds. The van der Waals surface area contributed by atoms with Crippen LogP contribution in [0.4, 0.5) is 17.1 Å². The number of hydrogen-bond donors (Lipinski definition) is 0. The smallest absolute Gasteiger partial charge is 0.139 e. The van der Waals surface area contributed by atoms with Crippen LogP contribution in [0.5, 0.6) is 0 Å². The minimum absolute atomic E-state index is 0.853. The van der Waals surface area contributed by atoms with Gasteiger partial charge in [0.2, 0.25) is 0 Å². The summed E-state index contributed by atoms with van der Waals surface area (Å²) in [5.74, 6) is 0. The second-order valence-electron chi connectivity index (χ2n) is 15.3. The van der Waals surface area contributed by atoms with E-state index in [1.807, 2.05) is 22.7 Å². The molecule has 4 aromatic heterocycles. The zero-order valence-corrected chi connectivity index (χ0v) is 33.2. The van der Waals surface area contributed by atoms with E-state index < -0.39 is 0 Å². The Morgan fingerprint density at radius 3 is 1.69 bits per heavy atom. The van der Waals surface area contributed by atoms with Gasteiger partial charge in [-0.1, -0.05) is 103 Å². The summed E-state index contributed by atoms with van der Waals surface area (Å²) < 4.78 is 14.5. The first-order valence-electron chi connectivity index (χ1n) is 19.9. The molecular weight excluding hydrogens is 757 g/mol. The van der Waals surface area contributed by atoms with E-state index in [1.165, 1.54) is 62.2 Å². The van der Waals surface area contributed by atoms with Crippen LogP contribution in [0.3, 0.4) is 0 Å². The molecule has 0 spiro atoms. The van der Waals surface area contributed by atoms with Gasteiger partial charge in [0.1, 0.15) is 11.2 Å². The molecule has 59 heavy (non-hydrogen) atoms. The van der Waals surface area contributed by atoms with E-state index in [9.17, 15) is 0 Å². The van der Waals surface area contributed by atoms with E-state index in [0.717, 1.165) is 55.7 Å². The largest absolute Gasteiger partial charge is 0.456 e. The molecule has 0 saturated carbocycles. The molecule has 13 aromatic rings. The normalized spacial score (nSPS) is 12.1. The van der Waals surface area contributed by atoms with Gasteiger partial charge in [0.15, 0.2) is 0 Å². The third-order valence-electron chi connectivity index (χ3n) is 11.9.